The molecule has 1 heterocycles. The zero-order valence-electron chi connectivity index (χ0n) is 14.4. The van der Waals surface area contributed by atoms with E-state index in [1.165, 1.54) is 11.1 Å². The summed E-state index contributed by atoms with van der Waals surface area (Å²) in [6.45, 7) is 4.61. The van der Waals surface area contributed by atoms with Crippen molar-refractivity contribution in [2.24, 2.45) is 0 Å². The molecular weight excluding hydrogens is 314 g/mol. The molecule has 1 aromatic heterocycles. The van der Waals surface area contributed by atoms with E-state index in [4.69, 9.17) is 4.42 Å². The average Bonchev–Trinajstić information content (AvgIpc) is 3.10. The van der Waals surface area contributed by atoms with Crippen molar-refractivity contribution in [3.05, 3.63) is 83.1 Å². The van der Waals surface area contributed by atoms with Crippen LogP contribution in [-0.4, -0.2) is 22.6 Å². The van der Waals surface area contributed by atoms with E-state index in [1.807, 2.05) is 61.5 Å². The lowest BCUT2D eigenvalue weighted by Crippen LogP contribution is -2.27. The van der Waals surface area contributed by atoms with Crippen LogP contribution in [-0.2, 0) is 6.42 Å². The summed E-state index contributed by atoms with van der Waals surface area (Å²) in [5.74, 6) is 0.304. The molecule has 2 aromatic carbocycles. The van der Waals surface area contributed by atoms with Gasteiger partial charge in [-0.05, 0) is 24.0 Å². The summed E-state index contributed by atoms with van der Waals surface area (Å²) >= 11 is 0. The van der Waals surface area contributed by atoms with E-state index in [-0.39, 0.29) is 17.7 Å². The number of benzene rings is 2. The highest BCUT2D eigenvalue weighted by Crippen LogP contribution is 2.14. The number of carbonyl (C=O) groups excluding carboxylic acids is 1. The minimum absolute atomic E-state index is 0.00220. The summed E-state index contributed by atoms with van der Waals surface area (Å²) < 4.78 is 5.48. The maximum Gasteiger partial charge on any atom is 0.308 e. The zero-order valence-corrected chi connectivity index (χ0v) is 14.4. The van der Waals surface area contributed by atoms with Gasteiger partial charge in [0, 0.05) is 6.54 Å². The molecule has 0 radical (unpaired) electrons. The molecule has 0 spiro atoms. The monoisotopic (exact) mass is 335 g/mol. The number of hydrogen-bond acceptors (Lipinski definition) is 4. The Kier molecular flexibility index (Phi) is 5.23. The highest BCUT2D eigenvalue weighted by atomic mass is 16.4. The second-order valence-electron chi connectivity index (χ2n) is 6.19. The van der Waals surface area contributed by atoms with Gasteiger partial charge in [0.2, 0.25) is 5.89 Å². The van der Waals surface area contributed by atoms with Crippen molar-refractivity contribution in [2.45, 2.75) is 26.2 Å². The molecule has 0 fully saturated rings. The maximum absolute atomic E-state index is 12.2. The third kappa shape index (κ3) is 4.53. The first-order valence-corrected chi connectivity index (χ1v) is 8.33. The molecule has 1 unspecified atom stereocenters. The molecule has 128 valence electrons. The molecule has 3 aromatic rings. The van der Waals surface area contributed by atoms with E-state index in [1.54, 1.807) is 0 Å². The normalized spacial score (nSPS) is 11.9. The smallest absolute Gasteiger partial charge is 0.308 e. The van der Waals surface area contributed by atoms with Gasteiger partial charge in [-0.15, -0.1) is 10.2 Å². The van der Waals surface area contributed by atoms with Crippen LogP contribution < -0.4 is 5.32 Å². The standard InChI is InChI=1S/C20H21N3O2/c1-14-8-10-16(11-9-14)12-18-22-23-20(25-18)19(24)21-13-15(2)17-6-4-3-5-7-17/h3-11,15H,12-13H2,1-2H3,(H,21,24). The third-order valence-corrected chi connectivity index (χ3v) is 4.07. The minimum Gasteiger partial charge on any atom is -0.417 e. The fourth-order valence-electron chi connectivity index (χ4n) is 2.52. The Hall–Kier alpha value is -2.95. The molecule has 0 saturated heterocycles. The van der Waals surface area contributed by atoms with E-state index >= 15 is 0 Å². The molecule has 1 atom stereocenters. The van der Waals surface area contributed by atoms with Crippen molar-refractivity contribution < 1.29 is 9.21 Å². The van der Waals surface area contributed by atoms with Crippen LogP contribution >= 0.6 is 0 Å². The fourth-order valence-corrected chi connectivity index (χ4v) is 2.52. The number of carbonyl (C=O) groups is 1. The van der Waals surface area contributed by atoms with Gasteiger partial charge in [0.15, 0.2) is 0 Å². The van der Waals surface area contributed by atoms with E-state index in [0.29, 0.717) is 18.9 Å². The third-order valence-electron chi connectivity index (χ3n) is 4.07. The average molecular weight is 335 g/mol. The van der Waals surface area contributed by atoms with Crippen molar-refractivity contribution in [1.29, 1.82) is 0 Å². The molecule has 3 rings (SSSR count). The number of nitrogens with one attached hydrogen (secondary N) is 1. The Morgan fingerprint density at radius 1 is 1.08 bits per heavy atom. The summed E-state index contributed by atoms with van der Waals surface area (Å²) in [5.41, 5.74) is 3.44. The van der Waals surface area contributed by atoms with Gasteiger partial charge in [0.25, 0.3) is 0 Å². The molecule has 25 heavy (non-hydrogen) atoms. The number of hydrogen-bond donors (Lipinski definition) is 1. The van der Waals surface area contributed by atoms with E-state index < -0.39 is 0 Å². The Morgan fingerprint density at radius 3 is 2.52 bits per heavy atom. The summed E-state index contributed by atoms with van der Waals surface area (Å²) in [6, 6.07) is 18.1. The molecule has 0 aliphatic rings. The van der Waals surface area contributed by atoms with Crippen LogP contribution in [0.4, 0.5) is 0 Å². The first-order chi connectivity index (χ1) is 12.1. The van der Waals surface area contributed by atoms with Gasteiger partial charge in [-0.25, -0.2) is 0 Å². The molecule has 5 nitrogen and oxygen atoms in total. The van der Waals surface area contributed by atoms with Crippen molar-refractivity contribution in [2.75, 3.05) is 6.54 Å². The lowest BCUT2D eigenvalue weighted by molar-refractivity contribution is 0.0915. The van der Waals surface area contributed by atoms with Crippen LogP contribution in [0.15, 0.2) is 59.0 Å². The Bertz CT molecular complexity index is 826. The first kappa shape index (κ1) is 16.9. The van der Waals surface area contributed by atoms with Crippen molar-refractivity contribution >= 4 is 5.91 Å². The first-order valence-electron chi connectivity index (χ1n) is 8.33. The Labute approximate surface area is 147 Å². The second-order valence-corrected chi connectivity index (χ2v) is 6.19. The highest BCUT2D eigenvalue weighted by molar-refractivity contribution is 5.89. The van der Waals surface area contributed by atoms with Gasteiger partial charge in [-0.3, -0.25) is 4.79 Å². The Morgan fingerprint density at radius 2 is 1.80 bits per heavy atom. The molecule has 1 N–H and O–H groups in total. The molecule has 0 aliphatic carbocycles. The largest absolute Gasteiger partial charge is 0.417 e. The SMILES string of the molecule is Cc1ccc(Cc2nnc(C(=O)NCC(C)c3ccccc3)o2)cc1. The highest BCUT2D eigenvalue weighted by Gasteiger charge is 2.16. The van der Waals surface area contributed by atoms with E-state index in [0.717, 1.165) is 5.56 Å². The van der Waals surface area contributed by atoms with Gasteiger partial charge in [0.1, 0.15) is 0 Å². The van der Waals surface area contributed by atoms with Crippen LogP contribution in [0.5, 0.6) is 0 Å². The number of aromatic nitrogens is 2. The number of aryl methyl sites for hydroxylation is 1. The van der Waals surface area contributed by atoms with Gasteiger partial charge < -0.3 is 9.73 Å². The molecule has 0 saturated carbocycles. The quantitative estimate of drug-likeness (QED) is 0.748. The van der Waals surface area contributed by atoms with Crippen LogP contribution in [0.1, 0.15) is 46.1 Å². The zero-order chi connectivity index (χ0) is 17.6. The van der Waals surface area contributed by atoms with Gasteiger partial charge in [0.05, 0.1) is 6.42 Å². The van der Waals surface area contributed by atoms with Crippen molar-refractivity contribution in [3.8, 4) is 0 Å². The number of nitrogens with zero attached hydrogens (tertiary/aromatic N) is 2. The summed E-state index contributed by atoms with van der Waals surface area (Å²) in [5, 5.41) is 10.7. The number of rotatable bonds is 6. The van der Waals surface area contributed by atoms with E-state index in [2.05, 4.69) is 22.4 Å². The minimum atomic E-state index is -0.342. The lowest BCUT2D eigenvalue weighted by Gasteiger charge is -2.11. The summed E-state index contributed by atoms with van der Waals surface area (Å²) in [7, 11) is 0. The molecular formula is C20H21N3O2. The topological polar surface area (TPSA) is 68.0 Å². The maximum atomic E-state index is 12.2. The van der Waals surface area contributed by atoms with Crippen LogP contribution in [0.3, 0.4) is 0 Å². The van der Waals surface area contributed by atoms with E-state index in [9.17, 15) is 4.79 Å². The molecule has 1 amide bonds. The van der Waals surface area contributed by atoms with Crippen molar-refractivity contribution in [1.82, 2.24) is 15.5 Å². The van der Waals surface area contributed by atoms with Crippen molar-refractivity contribution in [3.63, 3.8) is 0 Å². The lowest BCUT2D eigenvalue weighted by atomic mass is 10.0. The van der Waals surface area contributed by atoms with Gasteiger partial charge in [-0.2, -0.15) is 0 Å². The molecule has 0 bridgehead atoms. The number of amides is 1. The predicted octanol–water partition coefficient (Wildman–Crippen LogP) is 3.50. The Balaban J connectivity index is 1.56. The summed E-state index contributed by atoms with van der Waals surface area (Å²) in [6.07, 6.45) is 0.515. The fraction of sp³-hybridized carbons (Fsp3) is 0.250. The second kappa shape index (κ2) is 7.75. The summed E-state index contributed by atoms with van der Waals surface area (Å²) in [4.78, 5) is 12.2. The van der Waals surface area contributed by atoms with Crippen LogP contribution in [0.2, 0.25) is 0 Å². The molecule has 5 heteroatoms. The van der Waals surface area contributed by atoms with Gasteiger partial charge >= 0.3 is 11.8 Å². The van der Waals surface area contributed by atoms with Crippen LogP contribution in [0.25, 0.3) is 0 Å². The molecule has 0 aliphatic heterocycles. The predicted molar refractivity (Wildman–Crippen MR) is 95.5 cm³/mol. The van der Waals surface area contributed by atoms with Gasteiger partial charge in [-0.1, -0.05) is 67.1 Å². The van der Waals surface area contributed by atoms with Crippen LogP contribution in [0, 0.1) is 6.92 Å².